The van der Waals surface area contributed by atoms with E-state index in [1.807, 2.05) is 35.3 Å². The van der Waals surface area contributed by atoms with Crippen molar-refractivity contribution >= 4 is 0 Å². The minimum atomic E-state index is 0.797. The van der Waals surface area contributed by atoms with E-state index in [4.69, 9.17) is 4.74 Å². The first-order valence-electron chi connectivity index (χ1n) is 10.3. The van der Waals surface area contributed by atoms with Gasteiger partial charge in [-0.25, -0.2) is 0 Å². The van der Waals surface area contributed by atoms with E-state index in [2.05, 4.69) is 56.6 Å². The highest BCUT2D eigenvalue weighted by atomic mass is 16.5. The maximum Gasteiger partial charge on any atom is 0.118 e. The number of aromatic amines is 1. The molecule has 5 rings (SSSR count). The van der Waals surface area contributed by atoms with Crippen molar-refractivity contribution in [1.82, 2.24) is 24.9 Å². The Labute approximate surface area is 176 Å². The Morgan fingerprint density at radius 3 is 2.53 bits per heavy atom. The average Bonchev–Trinajstić information content (AvgIpc) is 3.45. The van der Waals surface area contributed by atoms with Crippen LogP contribution in [-0.2, 0) is 26.1 Å². The van der Waals surface area contributed by atoms with Crippen LogP contribution in [0.3, 0.4) is 0 Å². The van der Waals surface area contributed by atoms with Gasteiger partial charge in [0.25, 0.3) is 0 Å². The minimum Gasteiger partial charge on any atom is -0.497 e. The standard InChI is InChI=1S/C24H25N5O/c1-30-21-9-7-18(8-10-21)24-22-17-28(14-11-23(22)26-27-24)15-19-5-2-3-6-20(19)16-29-13-4-12-25-29/h2-10,12-13H,11,14-17H2,1H3,(H,26,27). The third-order valence-corrected chi connectivity index (χ3v) is 5.78. The van der Waals surface area contributed by atoms with Crippen molar-refractivity contribution in [2.75, 3.05) is 13.7 Å². The lowest BCUT2D eigenvalue weighted by atomic mass is 9.99. The van der Waals surface area contributed by atoms with Crippen LogP contribution >= 0.6 is 0 Å². The van der Waals surface area contributed by atoms with Gasteiger partial charge in [-0.15, -0.1) is 0 Å². The van der Waals surface area contributed by atoms with Crippen LogP contribution < -0.4 is 4.74 Å². The Bertz CT molecular complexity index is 1110. The van der Waals surface area contributed by atoms with Crippen LogP contribution in [0, 0.1) is 0 Å². The number of rotatable bonds is 6. The molecule has 2 aromatic heterocycles. The Morgan fingerprint density at radius 2 is 1.80 bits per heavy atom. The van der Waals surface area contributed by atoms with Crippen LogP contribution in [0.1, 0.15) is 22.4 Å². The van der Waals surface area contributed by atoms with Gasteiger partial charge in [-0.05, 0) is 41.5 Å². The summed E-state index contributed by atoms with van der Waals surface area (Å²) in [5.74, 6) is 0.860. The van der Waals surface area contributed by atoms with Crippen molar-refractivity contribution in [3.05, 3.63) is 89.4 Å². The summed E-state index contributed by atoms with van der Waals surface area (Å²) < 4.78 is 7.27. The normalized spacial score (nSPS) is 13.9. The van der Waals surface area contributed by atoms with Gasteiger partial charge in [-0.3, -0.25) is 14.7 Å². The Balaban J connectivity index is 1.36. The number of ether oxygens (including phenoxy) is 1. The Morgan fingerprint density at radius 1 is 1.00 bits per heavy atom. The average molecular weight is 399 g/mol. The third-order valence-electron chi connectivity index (χ3n) is 5.78. The van der Waals surface area contributed by atoms with E-state index >= 15 is 0 Å². The molecule has 0 spiro atoms. The van der Waals surface area contributed by atoms with E-state index in [1.165, 1.54) is 22.4 Å². The van der Waals surface area contributed by atoms with Crippen LogP contribution in [0.25, 0.3) is 11.3 Å². The topological polar surface area (TPSA) is 59.0 Å². The number of methoxy groups -OCH3 is 1. The highest BCUT2D eigenvalue weighted by Crippen LogP contribution is 2.30. The van der Waals surface area contributed by atoms with Crippen molar-refractivity contribution in [3.63, 3.8) is 0 Å². The molecule has 0 amide bonds. The third kappa shape index (κ3) is 3.74. The molecule has 0 unspecified atom stereocenters. The molecule has 30 heavy (non-hydrogen) atoms. The quantitative estimate of drug-likeness (QED) is 0.534. The van der Waals surface area contributed by atoms with Gasteiger partial charge >= 0.3 is 0 Å². The number of benzene rings is 2. The summed E-state index contributed by atoms with van der Waals surface area (Å²) in [6, 6.07) is 18.8. The number of H-pyrrole nitrogens is 1. The molecule has 0 bridgehead atoms. The Hall–Kier alpha value is -3.38. The zero-order chi connectivity index (χ0) is 20.3. The first-order chi connectivity index (χ1) is 14.8. The highest BCUT2D eigenvalue weighted by Gasteiger charge is 2.23. The Kier molecular flexibility index (Phi) is 5.07. The van der Waals surface area contributed by atoms with E-state index in [9.17, 15) is 0 Å². The summed E-state index contributed by atoms with van der Waals surface area (Å²) in [5, 5.41) is 12.2. The lowest BCUT2D eigenvalue weighted by molar-refractivity contribution is 0.244. The summed E-state index contributed by atoms with van der Waals surface area (Å²) in [6.45, 7) is 3.63. The lowest BCUT2D eigenvalue weighted by Crippen LogP contribution is -2.30. The molecule has 2 aromatic carbocycles. The van der Waals surface area contributed by atoms with E-state index in [0.29, 0.717) is 0 Å². The van der Waals surface area contributed by atoms with Crippen LogP contribution in [0.4, 0.5) is 0 Å². The molecular weight excluding hydrogens is 374 g/mol. The van der Waals surface area contributed by atoms with Gasteiger partial charge in [0.05, 0.1) is 19.3 Å². The van der Waals surface area contributed by atoms with Gasteiger partial charge in [0.1, 0.15) is 5.75 Å². The van der Waals surface area contributed by atoms with Crippen molar-refractivity contribution in [1.29, 1.82) is 0 Å². The molecule has 0 saturated carbocycles. The second-order valence-electron chi connectivity index (χ2n) is 7.69. The predicted molar refractivity (Wildman–Crippen MR) is 116 cm³/mol. The number of aromatic nitrogens is 4. The monoisotopic (exact) mass is 399 g/mol. The maximum absolute atomic E-state index is 5.29. The summed E-state index contributed by atoms with van der Waals surface area (Å²) >= 11 is 0. The van der Waals surface area contributed by atoms with E-state index in [-0.39, 0.29) is 0 Å². The highest BCUT2D eigenvalue weighted by molar-refractivity contribution is 5.65. The summed E-state index contributed by atoms with van der Waals surface area (Å²) in [5.41, 5.74) is 7.38. The number of nitrogens with one attached hydrogen (secondary N) is 1. The molecule has 0 fully saturated rings. The molecular formula is C24H25N5O. The molecule has 1 aliphatic rings. The molecule has 4 aromatic rings. The number of nitrogens with zero attached hydrogens (tertiary/aromatic N) is 4. The zero-order valence-corrected chi connectivity index (χ0v) is 17.1. The van der Waals surface area contributed by atoms with E-state index in [1.54, 1.807) is 7.11 Å². The van der Waals surface area contributed by atoms with Gasteiger partial charge in [-0.1, -0.05) is 24.3 Å². The van der Waals surface area contributed by atoms with Crippen molar-refractivity contribution in [2.45, 2.75) is 26.1 Å². The minimum absolute atomic E-state index is 0.797. The SMILES string of the molecule is COc1ccc(-c2n[nH]c3c2CN(Cc2ccccc2Cn2cccn2)CC3)cc1. The van der Waals surface area contributed by atoms with Crippen LogP contribution in [0.2, 0.25) is 0 Å². The summed E-state index contributed by atoms with van der Waals surface area (Å²) in [4.78, 5) is 2.51. The number of fused-ring (bicyclic) bond motifs is 1. The first kappa shape index (κ1) is 18.6. The van der Waals surface area contributed by atoms with Crippen LogP contribution in [-0.4, -0.2) is 38.5 Å². The number of hydrogen-bond donors (Lipinski definition) is 1. The molecule has 3 heterocycles. The molecule has 0 radical (unpaired) electrons. The van der Waals surface area contributed by atoms with Gasteiger partial charge in [0.15, 0.2) is 0 Å². The van der Waals surface area contributed by atoms with Crippen LogP contribution in [0.5, 0.6) is 5.75 Å². The summed E-state index contributed by atoms with van der Waals surface area (Å²) in [7, 11) is 1.69. The lowest BCUT2D eigenvalue weighted by Gasteiger charge is -2.28. The molecule has 6 nitrogen and oxygen atoms in total. The molecule has 0 aliphatic carbocycles. The van der Waals surface area contributed by atoms with Crippen molar-refractivity contribution in [3.8, 4) is 17.0 Å². The van der Waals surface area contributed by atoms with E-state index < -0.39 is 0 Å². The molecule has 0 saturated heterocycles. The molecule has 0 atom stereocenters. The van der Waals surface area contributed by atoms with Gasteiger partial charge in [-0.2, -0.15) is 10.2 Å². The fraction of sp³-hybridized carbons (Fsp3) is 0.250. The molecule has 6 heteroatoms. The van der Waals surface area contributed by atoms with Crippen LogP contribution in [0.15, 0.2) is 67.0 Å². The smallest absolute Gasteiger partial charge is 0.118 e. The first-order valence-corrected chi connectivity index (χ1v) is 10.3. The largest absolute Gasteiger partial charge is 0.497 e. The molecule has 1 N–H and O–H groups in total. The fourth-order valence-electron chi connectivity index (χ4n) is 4.15. The van der Waals surface area contributed by atoms with E-state index in [0.717, 1.165) is 49.6 Å². The molecule has 1 aliphatic heterocycles. The van der Waals surface area contributed by atoms with Crippen molar-refractivity contribution < 1.29 is 4.74 Å². The van der Waals surface area contributed by atoms with Gasteiger partial charge < -0.3 is 4.74 Å². The maximum atomic E-state index is 5.29. The second kappa shape index (κ2) is 8.16. The van der Waals surface area contributed by atoms with Crippen molar-refractivity contribution in [2.24, 2.45) is 0 Å². The van der Waals surface area contributed by atoms with Gasteiger partial charge in [0, 0.05) is 55.3 Å². The number of hydrogen-bond acceptors (Lipinski definition) is 4. The summed E-state index contributed by atoms with van der Waals surface area (Å²) in [6.07, 6.45) is 4.82. The fourth-order valence-corrected chi connectivity index (χ4v) is 4.15. The molecule has 152 valence electrons. The zero-order valence-electron chi connectivity index (χ0n) is 17.1. The van der Waals surface area contributed by atoms with Gasteiger partial charge in [0.2, 0.25) is 0 Å². The second-order valence-corrected chi connectivity index (χ2v) is 7.69. The predicted octanol–water partition coefficient (Wildman–Crippen LogP) is 3.89.